The topological polar surface area (TPSA) is 121 Å². The SMILES string of the molecule is N#Cc1cccc(C(=O)Nc2ccc(C3(C(=O)Nc4cc(C(F)(F)F)cnc4N)CCC3)cc2)c1. The molecule has 1 heterocycles. The first-order valence-corrected chi connectivity index (χ1v) is 10.7. The van der Waals surface area contributed by atoms with Crippen LogP contribution in [0, 0.1) is 11.3 Å². The van der Waals surface area contributed by atoms with Crippen LogP contribution in [0.2, 0.25) is 0 Å². The van der Waals surface area contributed by atoms with Crippen molar-refractivity contribution in [2.75, 3.05) is 16.4 Å². The zero-order valence-electron chi connectivity index (χ0n) is 18.3. The van der Waals surface area contributed by atoms with Crippen molar-refractivity contribution >= 4 is 29.0 Å². The predicted octanol–water partition coefficient (Wildman–Crippen LogP) is 4.87. The Morgan fingerprint density at radius 1 is 1.06 bits per heavy atom. The maximum Gasteiger partial charge on any atom is 0.417 e. The quantitative estimate of drug-likeness (QED) is 0.482. The molecule has 1 aromatic heterocycles. The summed E-state index contributed by atoms with van der Waals surface area (Å²) in [7, 11) is 0. The lowest BCUT2D eigenvalue weighted by Crippen LogP contribution is -2.46. The normalized spacial score (nSPS) is 14.3. The summed E-state index contributed by atoms with van der Waals surface area (Å²) in [5.74, 6) is -1.07. The molecule has 10 heteroatoms. The second-order valence-electron chi connectivity index (χ2n) is 8.27. The van der Waals surface area contributed by atoms with E-state index in [0.29, 0.717) is 41.4 Å². The molecule has 7 nitrogen and oxygen atoms in total. The number of hydrogen-bond donors (Lipinski definition) is 3. The molecule has 35 heavy (non-hydrogen) atoms. The van der Waals surface area contributed by atoms with E-state index in [1.165, 1.54) is 6.07 Å². The number of nitrogen functional groups attached to an aromatic ring is 1. The fourth-order valence-corrected chi connectivity index (χ4v) is 3.96. The lowest BCUT2D eigenvalue weighted by molar-refractivity contribution is -0.137. The Kier molecular flexibility index (Phi) is 6.18. The first-order chi connectivity index (χ1) is 16.6. The van der Waals surface area contributed by atoms with Crippen molar-refractivity contribution in [2.24, 2.45) is 0 Å². The smallest absolute Gasteiger partial charge is 0.382 e. The van der Waals surface area contributed by atoms with Crippen molar-refractivity contribution in [3.63, 3.8) is 0 Å². The minimum Gasteiger partial charge on any atom is -0.382 e. The molecule has 2 aromatic carbocycles. The highest BCUT2D eigenvalue weighted by molar-refractivity contribution is 6.05. The van der Waals surface area contributed by atoms with Crippen LogP contribution in [0.3, 0.4) is 0 Å². The van der Waals surface area contributed by atoms with Crippen LogP contribution >= 0.6 is 0 Å². The minimum atomic E-state index is -4.62. The summed E-state index contributed by atoms with van der Waals surface area (Å²) in [6.45, 7) is 0. The van der Waals surface area contributed by atoms with Crippen LogP contribution < -0.4 is 16.4 Å². The molecule has 2 amide bonds. The van der Waals surface area contributed by atoms with E-state index < -0.39 is 29.0 Å². The van der Waals surface area contributed by atoms with Gasteiger partial charge in [-0.05, 0) is 54.8 Å². The Balaban J connectivity index is 1.51. The van der Waals surface area contributed by atoms with Crippen molar-refractivity contribution in [1.29, 1.82) is 5.26 Å². The van der Waals surface area contributed by atoms with Gasteiger partial charge < -0.3 is 16.4 Å². The maximum absolute atomic E-state index is 13.2. The molecule has 0 spiro atoms. The summed E-state index contributed by atoms with van der Waals surface area (Å²) < 4.78 is 39.2. The number of nitrogens with zero attached hydrogens (tertiary/aromatic N) is 2. The van der Waals surface area contributed by atoms with Gasteiger partial charge in [0.1, 0.15) is 5.82 Å². The molecular formula is C25H20F3N5O2. The number of alkyl halides is 3. The number of carbonyl (C=O) groups is 2. The predicted molar refractivity (Wildman–Crippen MR) is 123 cm³/mol. The van der Waals surface area contributed by atoms with Crippen LogP contribution in [0.1, 0.15) is 46.3 Å². The van der Waals surface area contributed by atoms with Gasteiger partial charge in [0, 0.05) is 17.4 Å². The maximum atomic E-state index is 13.2. The molecule has 1 saturated carbocycles. The van der Waals surface area contributed by atoms with Crippen LogP contribution in [-0.4, -0.2) is 16.8 Å². The number of anilines is 3. The highest BCUT2D eigenvalue weighted by Gasteiger charge is 2.46. The molecule has 178 valence electrons. The number of nitrogens with two attached hydrogens (primary N) is 1. The number of rotatable bonds is 5. The van der Waals surface area contributed by atoms with Crippen molar-refractivity contribution in [3.8, 4) is 6.07 Å². The van der Waals surface area contributed by atoms with E-state index in [4.69, 9.17) is 11.0 Å². The molecule has 0 radical (unpaired) electrons. The van der Waals surface area contributed by atoms with Crippen LogP contribution in [0.25, 0.3) is 0 Å². The average molecular weight is 479 g/mol. The fraction of sp³-hybridized carbons (Fsp3) is 0.200. The molecule has 1 fully saturated rings. The minimum absolute atomic E-state index is 0.195. The summed E-state index contributed by atoms with van der Waals surface area (Å²) in [5.41, 5.74) is 5.42. The van der Waals surface area contributed by atoms with Crippen LogP contribution in [0.15, 0.2) is 60.8 Å². The largest absolute Gasteiger partial charge is 0.417 e. The third kappa shape index (κ3) is 4.80. The second kappa shape index (κ2) is 9.10. The van der Waals surface area contributed by atoms with Gasteiger partial charge in [-0.2, -0.15) is 18.4 Å². The van der Waals surface area contributed by atoms with Gasteiger partial charge in [0.15, 0.2) is 0 Å². The Bertz CT molecular complexity index is 1330. The number of benzene rings is 2. The van der Waals surface area contributed by atoms with Crippen LogP contribution in [0.5, 0.6) is 0 Å². The third-order valence-electron chi connectivity index (χ3n) is 6.09. The number of pyridine rings is 1. The summed E-state index contributed by atoms with van der Waals surface area (Å²) >= 11 is 0. The average Bonchev–Trinajstić information content (AvgIpc) is 2.80. The van der Waals surface area contributed by atoms with Crippen molar-refractivity contribution < 1.29 is 22.8 Å². The number of amides is 2. The molecule has 1 aliphatic rings. The van der Waals surface area contributed by atoms with E-state index in [9.17, 15) is 22.8 Å². The zero-order chi connectivity index (χ0) is 25.2. The molecule has 1 aliphatic carbocycles. The van der Waals surface area contributed by atoms with Crippen molar-refractivity contribution in [1.82, 2.24) is 4.98 Å². The number of nitriles is 1. The molecule has 4 rings (SSSR count). The van der Waals surface area contributed by atoms with Crippen molar-refractivity contribution in [2.45, 2.75) is 30.9 Å². The molecule has 0 aliphatic heterocycles. The van der Waals surface area contributed by atoms with E-state index in [2.05, 4.69) is 15.6 Å². The number of halogens is 3. The highest BCUT2D eigenvalue weighted by Crippen LogP contribution is 2.45. The Morgan fingerprint density at radius 2 is 1.77 bits per heavy atom. The number of hydrogen-bond acceptors (Lipinski definition) is 5. The number of nitrogens with one attached hydrogen (secondary N) is 2. The van der Waals surface area contributed by atoms with Gasteiger partial charge in [0.05, 0.1) is 28.3 Å². The Labute approximate surface area is 198 Å². The van der Waals surface area contributed by atoms with Gasteiger partial charge in [0.2, 0.25) is 5.91 Å². The molecule has 3 aromatic rings. The molecule has 0 bridgehead atoms. The fourth-order valence-electron chi connectivity index (χ4n) is 3.96. The van der Waals surface area contributed by atoms with E-state index >= 15 is 0 Å². The summed E-state index contributed by atoms with van der Waals surface area (Å²) in [5, 5.41) is 14.3. The summed E-state index contributed by atoms with van der Waals surface area (Å²) in [6.07, 6.45) is -2.20. The molecule has 4 N–H and O–H groups in total. The number of aromatic nitrogens is 1. The first kappa shape index (κ1) is 23.8. The van der Waals surface area contributed by atoms with E-state index in [0.717, 1.165) is 12.5 Å². The van der Waals surface area contributed by atoms with Gasteiger partial charge >= 0.3 is 6.18 Å². The van der Waals surface area contributed by atoms with E-state index in [1.54, 1.807) is 42.5 Å². The van der Waals surface area contributed by atoms with Gasteiger partial charge in [0.25, 0.3) is 5.91 Å². The van der Waals surface area contributed by atoms with Gasteiger partial charge in [-0.15, -0.1) is 0 Å². The van der Waals surface area contributed by atoms with E-state index in [1.807, 2.05) is 6.07 Å². The van der Waals surface area contributed by atoms with Crippen LogP contribution in [0.4, 0.5) is 30.4 Å². The Hall–Kier alpha value is -4.39. The standard InChI is InChI=1S/C25H20F3N5O2/c26-25(27,28)18-12-20(21(30)31-14-18)33-23(35)24(9-2-10-24)17-5-7-19(8-6-17)32-22(34)16-4-1-3-15(11-16)13-29/h1,3-8,11-12,14H,2,9-10H2,(H2,30,31)(H,32,34)(H,33,35). The molecule has 0 atom stereocenters. The lowest BCUT2D eigenvalue weighted by Gasteiger charge is -2.40. The number of carbonyl (C=O) groups excluding carboxylic acids is 2. The van der Waals surface area contributed by atoms with Crippen molar-refractivity contribution in [3.05, 3.63) is 83.0 Å². The summed E-state index contributed by atoms with van der Waals surface area (Å²) in [4.78, 5) is 29.2. The van der Waals surface area contributed by atoms with Gasteiger partial charge in [-0.1, -0.05) is 24.6 Å². The molecular weight excluding hydrogens is 459 g/mol. The van der Waals surface area contributed by atoms with Gasteiger partial charge in [-0.25, -0.2) is 4.98 Å². The monoisotopic (exact) mass is 479 g/mol. The first-order valence-electron chi connectivity index (χ1n) is 10.7. The lowest BCUT2D eigenvalue weighted by atomic mass is 9.63. The second-order valence-corrected chi connectivity index (χ2v) is 8.27. The van der Waals surface area contributed by atoms with Crippen LogP contribution in [-0.2, 0) is 16.4 Å². The Morgan fingerprint density at radius 3 is 2.37 bits per heavy atom. The zero-order valence-corrected chi connectivity index (χ0v) is 18.3. The molecule has 0 saturated heterocycles. The molecule has 0 unspecified atom stereocenters. The highest BCUT2D eigenvalue weighted by atomic mass is 19.4. The summed E-state index contributed by atoms with van der Waals surface area (Å²) in [6, 6.07) is 15.7. The van der Waals surface area contributed by atoms with Gasteiger partial charge in [-0.3, -0.25) is 9.59 Å². The van der Waals surface area contributed by atoms with E-state index in [-0.39, 0.29) is 11.5 Å². The third-order valence-corrected chi connectivity index (χ3v) is 6.09.